The highest BCUT2D eigenvalue weighted by Gasteiger charge is 2.30. The number of thioether (sulfide) groups is 2. The zero-order valence-corrected chi connectivity index (χ0v) is 32.9. The van der Waals surface area contributed by atoms with Gasteiger partial charge in [-0.3, -0.25) is 0 Å². The van der Waals surface area contributed by atoms with Crippen LogP contribution in [-0.2, 0) is 21.7 Å². The van der Waals surface area contributed by atoms with Crippen molar-refractivity contribution in [2.45, 2.75) is 177 Å². The molecule has 0 aliphatic carbocycles. The van der Waals surface area contributed by atoms with Crippen LogP contribution in [0, 0.1) is 6.92 Å². The molecule has 2 aromatic carbocycles. The van der Waals surface area contributed by atoms with Gasteiger partial charge in [0.1, 0.15) is 0 Å². The van der Waals surface area contributed by atoms with E-state index < -0.39 is 0 Å². The quantitative estimate of drug-likeness (QED) is 0.137. The lowest BCUT2D eigenvalue weighted by Crippen LogP contribution is -2.30. The topological polar surface area (TPSA) is 3.24 Å². The van der Waals surface area contributed by atoms with Gasteiger partial charge in [-0.15, -0.1) is 23.5 Å². The van der Waals surface area contributed by atoms with Crippen LogP contribution in [-0.4, -0.2) is 28.6 Å². The van der Waals surface area contributed by atoms with Gasteiger partial charge in [-0.1, -0.05) is 101 Å². The number of rotatable bonds is 11. The van der Waals surface area contributed by atoms with Crippen LogP contribution in [0.4, 0.5) is 0 Å². The van der Waals surface area contributed by atoms with E-state index in [9.17, 15) is 0 Å². The summed E-state index contributed by atoms with van der Waals surface area (Å²) >= 11 is 4.06. The van der Waals surface area contributed by atoms with Gasteiger partial charge < -0.3 is 4.90 Å². The third-order valence-corrected chi connectivity index (χ3v) is 11.9. The van der Waals surface area contributed by atoms with Crippen molar-refractivity contribution in [2.75, 3.05) is 19.6 Å². The van der Waals surface area contributed by atoms with Crippen LogP contribution in [0.15, 0.2) is 40.1 Å². The molecule has 0 atom stereocenters. The van der Waals surface area contributed by atoms with E-state index in [0.29, 0.717) is 0 Å². The molecule has 1 nitrogen and oxygen atoms in total. The number of benzene rings is 2. The number of hydrogen-bond acceptors (Lipinski definition) is 3. The van der Waals surface area contributed by atoms with Crippen molar-refractivity contribution < 1.29 is 0 Å². The lowest BCUT2D eigenvalue weighted by Gasteiger charge is -2.34. The lowest BCUT2D eigenvalue weighted by molar-refractivity contribution is 0.223. The van der Waals surface area contributed by atoms with Crippen LogP contribution in [0.1, 0.15) is 163 Å². The smallest absolute Gasteiger partial charge is 0.0649 e. The van der Waals surface area contributed by atoms with E-state index in [1.54, 1.807) is 5.56 Å². The maximum Gasteiger partial charge on any atom is 0.0649 e. The summed E-state index contributed by atoms with van der Waals surface area (Å²) in [6.07, 6.45) is 9.46. The van der Waals surface area contributed by atoms with Gasteiger partial charge in [0.15, 0.2) is 0 Å². The molecule has 0 radical (unpaired) electrons. The predicted molar refractivity (Wildman–Crippen MR) is 201 cm³/mol. The minimum absolute atomic E-state index is 0.00800. The minimum Gasteiger partial charge on any atom is -0.303 e. The second-order valence-electron chi connectivity index (χ2n) is 17.8. The zero-order chi connectivity index (χ0) is 33.1. The normalized spacial score (nSPS) is 16.0. The highest BCUT2D eigenvalue weighted by atomic mass is 32.2. The molecule has 0 unspecified atom stereocenters. The molecule has 3 rings (SSSR count). The molecule has 1 aliphatic rings. The first-order valence-electron chi connectivity index (χ1n) is 17.5. The van der Waals surface area contributed by atoms with Crippen molar-refractivity contribution in [2.24, 2.45) is 0 Å². The summed E-state index contributed by atoms with van der Waals surface area (Å²) < 4.78 is -0.00800. The molecular formula is C41H67NS2. The molecule has 1 heterocycles. The molecule has 1 fully saturated rings. The fraction of sp³-hybridized carbons (Fsp3) is 0.707. The zero-order valence-electron chi connectivity index (χ0n) is 31.2. The van der Waals surface area contributed by atoms with Gasteiger partial charge in [-0.2, -0.15) is 0 Å². The summed E-state index contributed by atoms with van der Waals surface area (Å²) in [7, 11) is 0. The first-order chi connectivity index (χ1) is 20.1. The van der Waals surface area contributed by atoms with Crippen LogP contribution in [0.25, 0.3) is 0 Å². The van der Waals surface area contributed by atoms with Crippen molar-refractivity contribution in [3.05, 3.63) is 58.1 Å². The average molecular weight is 638 g/mol. The summed E-state index contributed by atoms with van der Waals surface area (Å²) in [5.74, 6) is 0. The SMILES string of the molecule is Cc1c(C(C)(C)C)cc(SC(C)(C)Sc2cc(C(C)(C)C)cc(C(C)(C)C)c2)cc1C(C)(C)CCCCCN1CCCCC1. The summed E-state index contributed by atoms with van der Waals surface area (Å²) in [6, 6.07) is 12.4. The van der Waals surface area contributed by atoms with Crippen LogP contribution in [0.5, 0.6) is 0 Å². The Balaban J connectivity index is 1.84. The fourth-order valence-corrected chi connectivity index (χ4v) is 9.34. The molecule has 44 heavy (non-hydrogen) atoms. The van der Waals surface area contributed by atoms with E-state index in [-0.39, 0.29) is 25.7 Å². The molecule has 0 N–H and O–H groups in total. The number of unbranched alkanes of at least 4 members (excludes halogenated alkanes) is 2. The number of hydrogen-bond donors (Lipinski definition) is 0. The van der Waals surface area contributed by atoms with E-state index in [1.165, 1.54) is 96.6 Å². The molecule has 2 aromatic rings. The first kappa shape index (κ1) is 37.6. The Hall–Kier alpha value is -0.900. The molecule has 1 aliphatic heterocycles. The fourth-order valence-electron chi connectivity index (χ4n) is 6.74. The van der Waals surface area contributed by atoms with Gasteiger partial charge in [0.05, 0.1) is 4.08 Å². The monoisotopic (exact) mass is 637 g/mol. The largest absolute Gasteiger partial charge is 0.303 e. The highest BCUT2D eigenvalue weighted by Crippen LogP contribution is 2.49. The van der Waals surface area contributed by atoms with Gasteiger partial charge in [-0.05, 0) is 140 Å². The molecule has 0 amide bonds. The van der Waals surface area contributed by atoms with E-state index >= 15 is 0 Å². The lowest BCUT2D eigenvalue weighted by atomic mass is 9.74. The van der Waals surface area contributed by atoms with E-state index in [4.69, 9.17) is 0 Å². The molecule has 3 heteroatoms. The van der Waals surface area contributed by atoms with Crippen LogP contribution in [0.2, 0.25) is 0 Å². The first-order valence-corrected chi connectivity index (χ1v) is 19.1. The Morgan fingerprint density at radius 2 is 1.07 bits per heavy atom. The highest BCUT2D eigenvalue weighted by molar-refractivity contribution is 8.18. The van der Waals surface area contributed by atoms with E-state index in [2.05, 4.69) is 132 Å². The Labute approximate surface area is 282 Å². The number of piperidine rings is 1. The van der Waals surface area contributed by atoms with Gasteiger partial charge in [0, 0.05) is 9.79 Å². The van der Waals surface area contributed by atoms with Crippen molar-refractivity contribution >= 4 is 23.5 Å². The van der Waals surface area contributed by atoms with Gasteiger partial charge in [0.25, 0.3) is 0 Å². The van der Waals surface area contributed by atoms with Crippen LogP contribution < -0.4 is 0 Å². The Morgan fingerprint density at radius 3 is 1.57 bits per heavy atom. The molecular weight excluding hydrogens is 571 g/mol. The molecule has 0 spiro atoms. The Bertz CT molecular complexity index is 1190. The summed E-state index contributed by atoms with van der Waals surface area (Å²) in [6.45, 7) is 37.3. The van der Waals surface area contributed by atoms with Crippen molar-refractivity contribution in [3.8, 4) is 0 Å². The molecule has 0 saturated carbocycles. The van der Waals surface area contributed by atoms with Gasteiger partial charge in [-0.25, -0.2) is 0 Å². The summed E-state index contributed by atoms with van der Waals surface area (Å²) in [4.78, 5) is 5.49. The van der Waals surface area contributed by atoms with Gasteiger partial charge >= 0.3 is 0 Å². The Morgan fingerprint density at radius 1 is 0.568 bits per heavy atom. The summed E-state index contributed by atoms with van der Waals surface area (Å²) in [5, 5.41) is 0. The van der Waals surface area contributed by atoms with Crippen molar-refractivity contribution in [1.29, 1.82) is 0 Å². The molecule has 248 valence electrons. The van der Waals surface area contributed by atoms with Crippen molar-refractivity contribution in [1.82, 2.24) is 4.90 Å². The third kappa shape index (κ3) is 10.8. The minimum atomic E-state index is -0.00800. The number of likely N-dealkylation sites (tertiary alicyclic amines) is 1. The maximum atomic E-state index is 2.69. The standard InChI is InChI=1S/C41H67NS2/c1-30-35(39(8,9)10)28-34(29-36(30)40(11,12)21-17-15-18-22-42-23-19-16-20-24-42)44-41(13,14)43-33-26-31(37(2,3)4)25-32(27-33)38(5,6)7/h25-29H,15-24H2,1-14H3. The second kappa shape index (κ2) is 14.5. The summed E-state index contributed by atoms with van der Waals surface area (Å²) in [5.41, 5.74) is 7.93. The van der Waals surface area contributed by atoms with Gasteiger partial charge in [0.2, 0.25) is 0 Å². The third-order valence-electron chi connectivity index (χ3n) is 9.51. The van der Waals surface area contributed by atoms with Crippen LogP contribution >= 0.6 is 23.5 Å². The average Bonchev–Trinajstić information content (AvgIpc) is 2.87. The molecule has 0 aromatic heterocycles. The predicted octanol–water partition coefficient (Wildman–Crippen LogP) is 12.8. The maximum absolute atomic E-state index is 2.69. The van der Waals surface area contributed by atoms with E-state index in [0.717, 1.165) is 0 Å². The van der Waals surface area contributed by atoms with E-state index in [1.807, 2.05) is 23.5 Å². The number of nitrogens with zero attached hydrogens (tertiary/aromatic N) is 1. The van der Waals surface area contributed by atoms with Crippen molar-refractivity contribution in [3.63, 3.8) is 0 Å². The Kier molecular flexibility index (Phi) is 12.4. The van der Waals surface area contributed by atoms with Crippen LogP contribution in [0.3, 0.4) is 0 Å². The molecule has 1 saturated heterocycles. The molecule has 0 bridgehead atoms. The second-order valence-corrected chi connectivity index (χ2v) is 21.5.